The van der Waals surface area contributed by atoms with E-state index < -0.39 is 35.0 Å². The summed E-state index contributed by atoms with van der Waals surface area (Å²) >= 11 is 0. The molecule has 2 fully saturated rings. The zero-order chi connectivity index (χ0) is 27.9. The molecule has 6 rings (SSSR count). The fourth-order valence-electron chi connectivity index (χ4n) is 6.80. The topological polar surface area (TPSA) is 127 Å². The number of rotatable bonds is 7. The number of hydrogen-bond donors (Lipinski definition) is 1. The Balaban J connectivity index is 1.39. The van der Waals surface area contributed by atoms with E-state index in [9.17, 15) is 19.5 Å². The maximum Gasteiger partial charge on any atom is 0.313 e. The van der Waals surface area contributed by atoms with Crippen LogP contribution < -0.4 is 0 Å². The van der Waals surface area contributed by atoms with Crippen LogP contribution >= 0.6 is 0 Å². The lowest BCUT2D eigenvalue weighted by molar-refractivity contribution is -0.160. The highest BCUT2D eigenvalue weighted by atomic mass is 16.6. The van der Waals surface area contributed by atoms with Crippen LogP contribution in [0.1, 0.15) is 39.0 Å². The molecule has 212 valence electrons. The van der Waals surface area contributed by atoms with Crippen LogP contribution in [0.4, 0.5) is 0 Å². The van der Waals surface area contributed by atoms with Crippen molar-refractivity contribution in [1.82, 2.24) is 24.8 Å². The van der Waals surface area contributed by atoms with Crippen molar-refractivity contribution < 1.29 is 29.0 Å². The smallest absolute Gasteiger partial charge is 0.313 e. The fraction of sp³-hybridized carbons (Fsp3) is 0.552. The average molecular weight is 550 g/mol. The number of esters is 1. The highest BCUT2D eigenvalue weighted by molar-refractivity contribution is 5.99. The number of carbonyl (C=O) groups is 3. The fourth-order valence-corrected chi connectivity index (χ4v) is 6.80. The van der Waals surface area contributed by atoms with E-state index in [0.29, 0.717) is 32.2 Å². The van der Waals surface area contributed by atoms with Crippen molar-refractivity contribution in [2.45, 2.75) is 62.9 Å². The Morgan fingerprint density at radius 3 is 2.75 bits per heavy atom. The molecule has 11 nitrogen and oxygen atoms in total. The Morgan fingerprint density at radius 2 is 1.90 bits per heavy atom. The Morgan fingerprint density at radius 1 is 1.05 bits per heavy atom. The Kier molecular flexibility index (Phi) is 6.95. The minimum absolute atomic E-state index is 0.0625. The Bertz CT molecular complexity index is 1370. The number of para-hydroxylation sites is 1. The van der Waals surface area contributed by atoms with E-state index in [4.69, 9.17) is 9.47 Å². The molecule has 0 radical (unpaired) electrons. The summed E-state index contributed by atoms with van der Waals surface area (Å²) < 4.78 is 14.1. The molecular weight excluding hydrogens is 514 g/mol. The first-order chi connectivity index (χ1) is 19.4. The molecule has 5 heterocycles. The first-order valence-electron chi connectivity index (χ1n) is 14.1. The van der Waals surface area contributed by atoms with Gasteiger partial charge in [-0.1, -0.05) is 41.7 Å². The van der Waals surface area contributed by atoms with Gasteiger partial charge in [-0.3, -0.25) is 14.4 Å². The number of aromatic nitrogens is 3. The average Bonchev–Trinajstić information content (AvgIpc) is 3.51. The zero-order valence-corrected chi connectivity index (χ0v) is 22.6. The van der Waals surface area contributed by atoms with E-state index in [0.717, 1.165) is 17.5 Å². The standard InChI is InChI=1S/C29H35N5O6/c1-28-13-6-2-9-18-39-27(38)23(28)22-25(36)33(16-7-3-8-17-35)24-26(37)32(15-10-14-29(22,24)40-28)19-34-21-12-5-4-11-20(21)30-31-34/h4-6,10-14,22-24,35H,2-3,7-9,15-19H2,1H3/b13-6-/t22-,23+,24?,28-,29-/m0/s1. The Hall–Kier alpha value is -3.57. The van der Waals surface area contributed by atoms with Gasteiger partial charge < -0.3 is 24.4 Å². The molecule has 1 aromatic heterocycles. The maximum absolute atomic E-state index is 14.4. The lowest BCUT2D eigenvalue weighted by Crippen LogP contribution is -2.56. The summed E-state index contributed by atoms with van der Waals surface area (Å²) in [6, 6.07) is 6.58. The number of aliphatic hydroxyl groups is 1. The van der Waals surface area contributed by atoms with E-state index in [1.54, 1.807) is 14.5 Å². The third-order valence-corrected chi connectivity index (χ3v) is 8.62. The number of allylic oxidation sites excluding steroid dienone is 1. The van der Waals surface area contributed by atoms with Crippen LogP contribution in [0.2, 0.25) is 0 Å². The third kappa shape index (κ3) is 4.23. The van der Waals surface area contributed by atoms with Gasteiger partial charge >= 0.3 is 5.97 Å². The number of aliphatic hydroxyl groups excluding tert-OH is 1. The minimum Gasteiger partial charge on any atom is -0.465 e. The summed E-state index contributed by atoms with van der Waals surface area (Å²) in [6.07, 6.45) is 10.9. The number of hydrogen-bond acceptors (Lipinski definition) is 8. The van der Waals surface area contributed by atoms with E-state index in [2.05, 4.69) is 10.3 Å². The molecule has 11 heteroatoms. The normalized spacial score (nSPS) is 32.6. The van der Waals surface area contributed by atoms with Crippen LogP contribution in [0.15, 0.2) is 48.6 Å². The van der Waals surface area contributed by atoms with Crippen molar-refractivity contribution in [3.8, 4) is 0 Å². The Labute approximate surface area is 232 Å². The minimum atomic E-state index is -1.33. The van der Waals surface area contributed by atoms with Gasteiger partial charge in [-0.25, -0.2) is 4.68 Å². The van der Waals surface area contributed by atoms with E-state index in [-0.39, 0.29) is 38.2 Å². The first kappa shape index (κ1) is 26.6. The molecular formula is C29H35N5O6. The molecule has 1 aromatic carbocycles. The van der Waals surface area contributed by atoms with Crippen LogP contribution in [0, 0.1) is 11.8 Å². The summed E-state index contributed by atoms with van der Waals surface area (Å²) in [5.74, 6) is -2.81. The van der Waals surface area contributed by atoms with Crippen molar-refractivity contribution in [3.63, 3.8) is 0 Å². The number of fused-ring (bicyclic) bond motifs is 3. The molecule has 2 saturated heterocycles. The molecule has 0 aliphatic carbocycles. The van der Waals surface area contributed by atoms with E-state index in [1.165, 1.54) is 0 Å². The van der Waals surface area contributed by atoms with Gasteiger partial charge in [0.25, 0.3) is 5.91 Å². The van der Waals surface area contributed by atoms with Crippen molar-refractivity contribution in [1.29, 1.82) is 0 Å². The second kappa shape index (κ2) is 10.4. The van der Waals surface area contributed by atoms with Gasteiger partial charge in [-0.05, 0) is 51.2 Å². The predicted octanol–water partition coefficient (Wildman–Crippen LogP) is 1.81. The monoisotopic (exact) mass is 549 g/mol. The molecule has 1 spiro atoms. The number of cyclic esters (lactones) is 1. The maximum atomic E-state index is 14.4. The molecule has 40 heavy (non-hydrogen) atoms. The molecule has 5 atom stereocenters. The largest absolute Gasteiger partial charge is 0.465 e. The summed E-state index contributed by atoms with van der Waals surface area (Å²) in [7, 11) is 0. The first-order valence-corrected chi connectivity index (χ1v) is 14.1. The second-order valence-corrected chi connectivity index (χ2v) is 11.2. The number of nitrogens with zero attached hydrogens (tertiary/aromatic N) is 5. The van der Waals surface area contributed by atoms with Gasteiger partial charge in [-0.15, -0.1) is 5.10 Å². The van der Waals surface area contributed by atoms with Crippen LogP contribution in [-0.4, -0.2) is 91.2 Å². The molecule has 4 aliphatic heterocycles. The van der Waals surface area contributed by atoms with Gasteiger partial charge in [0.2, 0.25) is 5.91 Å². The highest BCUT2D eigenvalue weighted by Gasteiger charge is 2.74. The van der Waals surface area contributed by atoms with E-state index >= 15 is 0 Å². The van der Waals surface area contributed by atoms with Crippen molar-refractivity contribution in [2.24, 2.45) is 11.8 Å². The van der Waals surface area contributed by atoms with Crippen LogP contribution in [0.5, 0.6) is 0 Å². The quantitative estimate of drug-likeness (QED) is 0.315. The summed E-state index contributed by atoms with van der Waals surface area (Å²) in [5, 5.41) is 17.7. The lowest BCUT2D eigenvalue weighted by atomic mass is 9.74. The number of ether oxygens (including phenoxy) is 2. The SMILES string of the molecule is C[C@]12/C=C\CCCOC(=O)[C@H]1[C@H]1C(=O)N(CCCCCO)C3C(=O)N(Cn4nnc5ccccc54)CC=C[C@@]31O2. The number of amides is 2. The highest BCUT2D eigenvalue weighted by Crippen LogP contribution is 2.57. The molecule has 0 bridgehead atoms. The summed E-state index contributed by atoms with van der Waals surface area (Å²) in [5.41, 5.74) is -0.911. The number of likely N-dealkylation sites (tertiary alicyclic amines) is 1. The number of unbranched alkanes of at least 4 members (excludes halogenated alkanes) is 2. The van der Waals surface area contributed by atoms with Crippen molar-refractivity contribution in [3.05, 3.63) is 48.6 Å². The molecule has 0 saturated carbocycles. The predicted molar refractivity (Wildman–Crippen MR) is 143 cm³/mol. The van der Waals surface area contributed by atoms with Crippen molar-refractivity contribution in [2.75, 3.05) is 26.3 Å². The molecule has 2 aromatic rings. The van der Waals surface area contributed by atoms with Crippen LogP contribution in [-0.2, 0) is 30.5 Å². The van der Waals surface area contributed by atoms with Gasteiger partial charge in [0.05, 0.1) is 23.6 Å². The van der Waals surface area contributed by atoms with Crippen molar-refractivity contribution >= 4 is 28.8 Å². The summed E-state index contributed by atoms with van der Waals surface area (Å²) in [6.45, 7) is 2.90. The van der Waals surface area contributed by atoms with Gasteiger partial charge in [-0.2, -0.15) is 0 Å². The molecule has 4 aliphatic rings. The summed E-state index contributed by atoms with van der Waals surface area (Å²) in [4.78, 5) is 45.4. The lowest BCUT2D eigenvalue weighted by Gasteiger charge is -2.37. The van der Waals surface area contributed by atoms with Gasteiger partial charge in [0.1, 0.15) is 29.7 Å². The zero-order valence-electron chi connectivity index (χ0n) is 22.6. The van der Waals surface area contributed by atoms with Crippen LogP contribution in [0.25, 0.3) is 11.0 Å². The van der Waals surface area contributed by atoms with Gasteiger partial charge in [0.15, 0.2) is 0 Å². The van der Waals surface area contributed by atoms with E-state index in [1.807, 2.05) is 55.5 Å². The van der Waals surface area contributed by atoms with Crippen LogP contribution in [0.3, 0.4) is 0 Å². The molecule has 1 N–H and O–H groups in total. The van der Waals surface area contributed by atoms with Gasteiger partial charge in [0, 0.05) is 19.7 Å². The molecule has 1 unspecified atom stereocenters. The second-order valence-electron chi connectivity index (χ2n) is 11.2. The number of benzene rings is 1. The molecule has 2 amide bonds. The third-order valence-electron chi connectivity index (χ3n) is 8.62. The number of carbonyl (C=O) groups excluding carboxylic acids is 3.